The topological polar surface area (TPSA) is 75.4 Å². The Bertz CT molecular complexity index is 393. The molecule has 0 amide bonds. The van der Waals surface area contributed by atoms with Gasteiger partial charge in [0.05, 0.1) is 4.92 Å². The number of benzene rings is 1. The zero-order chi connectivity index (χ0) is 12.8. The van der Waals surface area contributed by atoms with Gasteiger partial charge in [-0.25, -0.2) is 0 Å². The van der Waals surface area contributed by atoms with Crippen molar-refractivity contribution in [2.75, 3.05) is 18.5 Å². The lowest BCUT2D eigenvalue weighted by atomic mass is 10.1. The van der Waals surface area contributed by atoms with E-state index in [4.69, 9.17) is 5.11 Å². The molecule has 1 rings (SSSR count). The second-order valence-corrected chi connectivity index (χ2v) is 4.25. The van der Waals surface area contributed by atoms with Gasteiger partial charge < -0.3 is 10.4 Å². The van der Waals surface area contributed by atoms with Crippen molar-refractivity contribution in [3.8, 4) is 0 Å². The number of non-ortho nitro benzene ring substituents is 1. The molecule has 0 aliphatic rings. The zero-order valence-corrected chi connectivity index (χ0v) is 10.1. The lowest BCUT2D eigenvalue weighted by Crippen LogP contribution is -2.13. The molecule has 1 unspecified atom stereocenters. The van der Waals surface area contributed by atoms with Crippen molar-refractivity contribution in [3.05, 3.63) is 33.9 Å². The van der Waals surface area contributed by atoms with Crippen molar-refractivity contribution < 1.29 is 10.0 Å². The Balaban J connectivity index is 2.63. The first-order valence-corrected chi connectivity index (χ1v) is 5.64. The average Bonchev–Trinajstić information content (AvgIpc) is 2.27. The van der Waals surface area contributed by atoms with Crippen LogP contribution in [0.3, 0.4) is 0 Å². The maximum Gasteiger partial charge on any atom is 0.269 e. The first-order valence-electron chi connectivity index (χ1n) is 5.64. The number of hydrogen-bond donors (Lipinski definition) is 2. The Morgan fingerprint density at radius 3 is 2.76 bits per heavy atom. The highest BCUT2D eigenvalue weighted by atomic mass is 16.6. The predicted molar refractivity (Wildman–Crippen MR) is 67.2 cm³/mol. The number of aliphatic hydroxyl groups excluding tert-OH is 1. The standard InChI is InChI=1S/C12H18N2O3/c1-9(5-6-15)8-13-12-4-3-11(14(16)17)7-10(12)2/h3-4,7,9,13,15H,5-6,8H2,1-2H3. The largest absolute Gasteiger partial charge is 0.396 e. The van der Waals surface area contributed by atoms with Gasteiger partial charge in [-0.1, -0.05) is 6.92 Å². The molecule has 17 heavy (non-hydrogen) atoms. The third kappa shape index (κ3) is 4.03. The molecular weight excluding hydrogens is 220 g/mol. The normalized spacial score (nSPS) is 12.2. The summed E-state index contributed by atoms with van der Waals surface area (Å²) in [6.45, 7) is 4.82. The van der Waals surface area contributed by atoms with Crippen LogP contribution in [0.4, 0.5) is 11.4 Å². The lowest BCUT2D eigenvalue weighted by Gasteiger charge is -2.13. The van der Waals surface area contributed by atoms with E-state index in [1.54, 1.807) is 12.1 Å². The number of nitro groups is 1. The van der Waals surface area contributed by atoms with Gasteiger partial charge in [-0.15, -0.1) is 0 Å². The summed E-state index contributed by atoms with van der Waals surface area (Å²) < 4.78 is 0. The van der Waals surface area contributed by atoms with Crippen LogP contribution in [-0.4, -0.2) is 23.2 Å². The second-order valence-electron chi connectivity index (χ2n) is 4.25. The molecule has 0 heterocycles. The molecule has 2 N–H and O–H groups in total. The summed E-state index contributed by atoms with van der Waals surface area (Å²) in [6, 6.07) is 4.77. The van der Waals surface area contributed by atoms with E-state index >= 15 is 0 Å². The van der Waals surface area contributed by atoms with E-state index < -0.39 is 4.92 Å². The highest BCUT2D eigenvalue weighted by molar-refractivity contribution is 5.55. The lowest BCUT2D eigenvalue weighted by molar-refractivity contribution is -0.384. The fourth-order valence-electron chi connectivity index (χ4n) is 1.57. The van der Waals surface area contributed by atoms with Crippen LogP contribution in [0.1, 0.15) is 18.9 Å². The summed E-state index contributed by atoms with van der Waals surface area (Å²) in [5.41, 5.74) is 1.87. The van der Waals surface area contributed by atoms with Crippen LogP contribution in [0.25, 0.3) is 0 Å². The van der Waals surface area contributed by atoms with Crippen LogP contribution < -0.4 is 5.32 Å². The van der Waals surface area contributed by atoms with Gasteiger partial charge in [0.1, 0.15) is 0 Å². The molecular formula is C12H18N2O3. The third-order valence-electron chi connectivity index (χ3n) is 2.68. The first kappa shape index (κ1) is 13.4. The summed E-state index contributed by atoms with van der Waals surface area (Å²) >= 11 is 0. The minimum absolute atomic E-state index is 0.108. The molecule has 0 aromatic heterocycles. The average molecular weight is 238 g/mol. The van der Waals surface area contributed by atoms with Crippen LogP contribution in [0.2, 0.25) is 0 Å². The van der Waals surface area contributed by atoms with Gasteiger partial charge in [0.15, 0.2) is 0 Å². The van der Waals surface area contributed by atoms with Crippen LogP contribution in [0.5, 0.6) is 0 Å². The fourth-order valence-corrected chi connectivity index (χ4v) is 1.57. The molecule has 0 fully saturated rings. The number of aliphatic hydroxyl groups is 1. The highest BCUT2D eigenvalue weighted by Gasteiger charge is 2.08. The molecule has 1 aromatic rings. The Morgan fingerprint density at radius 1 is 1.53 bits per heavy atom. The van der Waals surface area contributed by atoms with E-state index in [1.807, 2.05) is 13.8 Å². The molecule has 94 valence electrons. The van der Waals surface area contributed by atoms with Gasteiger partial charge in [0.2, 0.25) is 0 Å². The Labute approximate surface area is 101 Å². The minimum Gasteiger partial charge on any atom is -0.396 e. The molecule has 0 bridgehead atoms. The SMILES string of the molecule is Cc1cc([N+](=O)[O-])ccc1NCC(C)CCO. The number of nitrogens with one attached hydrogen (secondary N) is 1. The second kappa shape index (κ2) is 6.20. The fraction of sp³-hybridized carbons (Fsp3) is 0.500. The molecule has 0 radical (unpaired) electrons. The van der Waals surface area contributed by atoms with Crippen molar-refractivity contribution in [3.63, 3.8) is 0 Å². The van der Waals surface area contributed by atoms with Crippen molar-refractivity contribution in [1.82, 2.24) is 0 Å². The maximum atomic E-state index is 10.6. The molecule has 5 heteroatoms. The van der Waals surface area contributed by atoms with Gasteiger partial charge in [-0.05, 0) is 30.9 Å². The number of aryl methyl sites for hydroxylation is 1. The zero-order valence-electron chi connectivity index (χ0n) is 10.1. The highest BCUT2D eigenvalue weighted by Crippen LogP contribution is 2.21. The third-order valence-corrected chi connectivity index (χ3v) is 2.68. The summed E-state index contributed by atoms with van der Waals surface area (Å²) in [5, 5.41) is 22.6. The summed E-state index contributed by atoms with van der Waals surface area (Å²) in [7, 11) is 0. The summed E-state index contributed by atoms with van der Waals surface area (Å²) in [5.74, 6) is 0.370. The molecule has 5 nitrogen and oxygen atoms in total. The van der Waals surface area contributed by atoms with Crippen LogP contribution >= 0.6 is 0 Å². The number of hydrogen-bond acceptors (Lipinski definition) is 4. The predicted octanol–water partition coefficient (Wildman–Crippen LogP) is 2.33. The molecule has 0 aliphatic heterocycles. The van der Waals surface area contributed by atoms with Crippen LogP contribution in [0, 0.1) is 23.0 Å². The Hall–Kier alpha value is -1.62. The van der Waals surface area contributed by atoms with Gasteiger partial charge >= 0.3 is 0 Å². The Kier molecular flexibility index (Phi) is 4.90. The van der Waals surface area contributed by atoms with Crippen LogP contribution in [-0.2, 0) is 0 Å². The monoisotopic (exact) mass is 238 g/mol. The summed E-state index contributed by atoms with van der Waals surface area (Å²) in [4.78, 5) is 10.2. The molecule has 1 atom stereocenters. The van der Waals surface area contributed by atoms with Crippen LogP contribution in [0.15, 0.2) is 18.2 Å². The van der Waals surface area contributed by atoms with E-state index in [9.17, 15) is 10.1 Å². The van der Waals surface area contributed by atoms with E-state index in [2.05, 4.69) is 5.32 Å². The van der Waals surface area contributed by atoms with Gasteiger partial charge in [-0.3, -0.25) is 10.1 Å². The Morgan fingerprint density at radius 2 is 2.24 bits per heavy atom. The number of anilines is 1. The van der Waals surface area contributed by atoms with E-state index in [-0.39, 0.29) is 12.3 Å². The number of rotatable bonds is 6. The molecule has 0 spiro atoms. The number of nitrogens with zero attached hydrogens (tertiary/aromatic N) is 1. The van der Waals surface area contributed by atoms with Crippen molar-refractivity contribution >= 4 is 11.4 Å². The summed E-state index contributed by atoms with van der Waals surface area (Å²) in [6.07, 6.45) is 0.749. The van der Waals surface area contributed by atoms with E-state index in [0.717, 1.165) is 24.2 Å². The van der Waals surface area contributed by atoms with Gasteiger partial charge in [0.25, 0.3) is 5.69 Å². The van der Waals surface area contributed by atoms with E-state index in [1.165, 1.54) is 6.07 Å². The van der Waals surface area contributed by atoms with Crippen molar-refractivity contribution in [2.45, 2.75) is 20.3 Å². The molecule has 1 aromatic carbocycles. The first-order chi connectivity index (χ1) is 8.04. The van der Waals surface area contributed by atoms with Crippen molar-refractivity contribution in [2.24, 2.45) is 5.92 Å². The minimum atomic E-state index is -0.398. The van der Waals surface area contributed by atoms with Crippen molar-refractivity contribution in [1.29, 1.82) is 0 Å². The smallest absolute Gasteiger partial charge is 0.269 e. The molecule has 0 saturated heterocycles. The quantitative estimate of drug-likeness (QED) is 0.589. The van der Waals surface area contributed by atoms with Gasteiger partial charge in [0, 0.05) is 31.0 Å². The van der Waals surface area contributed by atoms with E-state index in [0.29, 0.717) is 5.92 Å². The molecule has 0 saturated carbocycles. The number of nitro benzene ring substituents is 1. The van der Waals surface area contributed by atoms with Gasteiger partial charge in [-0.2, -0.15) is 0 Å². The maximum absolute atomic E-state index is 10.6. The molecule has 0 aliphatic carbocycles.